The van der Waals surface area contributed by atoms with Gasteiger partial charge in [-0.2, -0.15) is 0 Å². The molecular weight excluding hydrogens is 1080 g/mol. The molecule has 0 radical (unpaired) electrons. The third kappa shape index (κ3) is 12.0. The van der Waals surface area contributed by atoms with Gasteiger partial charge in [0.25, 0.3) is 0 Å². The minimum atomic E-state index is -3.84. The molecule has 3 aromatic rings. The van der Waals surface area contributed by atoms with Crippen LogP contribution in [-0.4, -0.2) is 217 Å². The Hall–Kier alpha value is -4.06. The number of anilines is 15. The van der Waals surface area contributed by atoms with Crippen LogP contribution in [0, 0.1) is 5.92 Å². The zero-order valence-corrected chi connectivity index (χ0v) is 59.2. The second-order valence-electron chi connectivity index (χ2n) is 23.7. The third-order valence-electron chi connectivity index (χ3n) is 14.9. The summed E-state index contributed by atoms with van der Waals surface area (Å²) in [6, 6.07) is 0. The van der Waals surface area contributed by atoms with Crippen molar-refractivity contribution in [2.75, 3.05) is 285 Å². The van der Waals surface area contributed by atoms with E-state index in [0.29, 0.717) is 0 Å². The Balaban J connectivity index is 0.00000988. The van der Waals surface area contributed by atoms with Gasteiger partial charge in [-0.15, -0.1) is 0 Å². The molecule has 0 saturated heterocycles. The fourth-order valence-electron chi connectivity index (χ4n) is 11.9. The van der Waals surface area contributed by atoms with Gasteiger partial charge in [-0.05, 0) is 0 Å². The van der Waals surface area contributed by atoms with Crippen LogP contribution in [0.15, 0.2) is 20.6 Å². The Kier molecular flexibility index (Phi) is 24.4. The number of benzene rings is 3. The predicted molar refractivity (Wildman–Crippen MR) is 339 cm³/mol. The molecule has 77 heavy (non-hydrogen) atoms. The summed E-state index contributed by atoms with van der Waals surface area (Å²) >= 11 is -1.32. The van der Waals surface area contributed by atoms with Gasteiger partial charge < -0.3 is 37.2 Å². The molecule has 0 fully saturated rings. The molecule has 1 aliphatic carbocycles. The van der Waals surface area contributed by atoms with Crippen LogP contribution in [0.2, 0.25) is 0 Å². The number of hydrogen-bond donors (Lipinski definition) is 0. The predicted octanol–water partition coefficient (Wildman–Crippen LogP) is -3.00. The van der Waals surface area contributed by atoms with Crippen molar-refractivity contribution in [1.82, 2.24) is 0 Å². The van der Waals surface area contributed by atoms with Crippen molar-refractivity contribution >= 4 is 107 Å². The second-order valence-corrected chi connectivity index (χ2v) is 32.5. The van der Waals surface area contributed by atoms with E-state index in [1.165, 1.54) is 118 Å². The van der Waals surface area contributed by atoms with E-state index >= 15 is 0 Å². The molecule has 0 aromatic heterocycles. The largest absolute Gasteiger partial charge is 1.00 e. The molecular formula is C57H103Cl3N15SiTi. The molecule has 20 heteroatoms. The van der Waals surface area contributed by atoms with Crippen molar-refractivity contribution in [2.24, 2.45) is 5.92 Å². The van der Waals surface area contributed by atoms with Crippen LogP contribution in [0.3, 0.4) is 0 Å². The molecule has 435 valence electrons. The van der Waals surface area contributed by atoms with E-state index < -0.39 is 24.3 Å². The van der Waals surface area contributed by atoms with Crippen LogP contribution in [0.25, 0.3) is 0 Å². The number of halogens is 3. The Morgan fingerprint density at radius 3 is 0.506 bits per heavy atom. The van der Waals surface area contributed by atoms with Crippen LogP contribution in [-0.2, 0) is 18.4 Å². The van der Waals surface area contributed by atoms with Crippen LogP contribution in [0.1, 0.15) is 27.7 Å². The molecule has 1 atom stereocenters. The van der Waals surface area contributed by atoms with Gasteiger partial charge in [-0.3, -0.25) is 0 Å². The average Bonchev–Trinajstić information content (AvgIpc) is 3.44. The number of hydrogen-bond acceptors (Lipinski definition) is 15. The van der Waals surface area contributed by atoms with Crippen molar-refractivity contribution in [3.05, 3.63) is 20.6 Å². The Morgan fingerprint density at radius 1 is 0.247 bits per heavy atom. The van der Waals surface area contributed by atoms with Crippen molar-refractivity contribution in [2.45, 2.75) is 27.7 Å². The second kappa shape index (κ2) is 26.5. The summed E-state index contributed by atoms with van der Waals surface area (Å²) < 4.78 is 1.63. The van der Waals surface area contributed by atoms with Crippen LogP contribution < -0.4 is 126 Å². The van der Waals surface area contributed by atoms with E-state index in [1.54, 1.807) is 3.88 Å². The molecule has 0 heterocycles. The van der Waals surface area contributed by atoms with Crippen molar-refractivity contribution in [3.8, 4) is 0 Å². The summed E-state index contributed by atoms with van der Waals surface area (Å²) in [5.41, 5.74) is 22.7. The van der Waals surface area contributed by atoms with Gasteiger partial charge in [-0.1, -0.05) is 0 Å². The Labute approximate surface area is 498 Å². The van der Waals surface area contributed by atoms with E-state index in [9.17, 15) is 0 Å². The standard InChI is InChI=1S/C48H90N15Si.C9H13.3ClH.Ti/c1-49(2)31-34(52(7)8)40(58(19)20)46(41(59(21)22)35(31)53(9)10)64(47-42(60(23)24)36(54(11)12)32(50(3)4)37(55(13)14)43(47)61(25)26)48-44(62(27)28)38(56(15)16)33(51(5)6)39(57(17)18)45(48)63(29)30;1-6-5-7(2)9(4)8(6)3;;;;/h1-30H3;6H,1-4H3;3*1H;/q;;;;;+3/p-3. The van der Waals surface area contributed by atoms with Gasteiger partial charge in [-0.25, -0.2) is 0 Å². The molecule has 15 nitrogen and oxygen atoms in total. The zero-order valence-electron chi connectivity index (χ0n) is 54.4. The van der Waals surface area contributed by atoms with Gasteiger partial charge in [0.05, 0.1) is 0 Å². The first-order valence-electron chi connectivity index (χ1n) is 25.9. The summed E-state index contributed by atoms with van der Waals surface area (Å²) in [7, 11) is 68.0. The first kappa shape index (κ1) is 71.0. The van der Waals surface area contributed by atoms with Crippen LogP contribution in [0.4, 0.5) is 85.3 Å². The van der Waals surface area contributed by atoms with Gasteiger partial charge in [0.15, 0.2) is 0 Å². The summed E-state index contributed by atoms with van der Waals surface area (Å²) in [5.74, 6) is -3.58. The molecule has 0 N–H and O–H groups in total. The molecule has 0 saturated carbocycles. The smallest absolute Gasteiger partial charge is 1.00 e. The summed E-state index contributed by atoms with van der Waals surface area (Å²) in [4.78, 5) is 36.3. The van der Waals surface area contributed by atoms with Gasteiger partial charge in [0.2, 0.25) is 0 Å². The van der Waals surface area contributed by atoms with E-state index in [4.69, 9.17) is 0 Å². The number of allylic oxidation sites excluding steroid dienone is 4. The van der Waals surface area contributed by atoms with Crippen LogP contribution in [0.5, 0.6) is 0 Å². The molecule has 0 amide bonds. The van der Waals surface area contributed by atoms with Gasteiger partial charge >= 0.3 is 464 Å². The minimum absolute atomic E-state index is 0. The monoisotopic (exact) mass is 1180 g/mol. The first-order valence-corrected chi connectivity index (χ1v) is 31.0. The number of nitrogens with zero attached hydrogens (tertiary/aromatic N) is 15. The van der Waals surface area contributed by atoms with E-state index in [0.717, 1.165) is 0 Å². The van der Waals surface area contributed by atoms with Crippen molar-refractivity contribution in [3.63, 3.8) is 0 Å². The quantitative estimate of drug-likeness (QED) is 0.0855. The molecule has 1 aliphatic rings. The molecule has 1 unspecified atom stereocenters. The van der Waals surface area contributed by atoms with Crippen LogP contribution >= 0.6 is 0 Å². The summed E-state index contributed by atoms with van der Waals surface area (Å²) in [6.45, 7) is 9.74. The maximum absolute atomic E-state index is 3.84. The average molecular weight is 1180 g/mol. The van der Waals surface area contributed by atoms with E-state index in [2.05, 4.69) is 313 Å². The van der Waals surface area contributed by atoms with Crippen molar-refractivity contribution < 1.29 is 55.6 Å². The Bertz CT molecular complexity index is 2270. The molecule has 4 rings (SSSR count). The van der Waals surface area contributed by atoms with E-state index in [-0.39, 0.29) is 43.1 Å². The molecule has 0 bridgehead atoms. The SMILES string of the molecule is CC1=C(C)C(C)[C]([Ti+3][Si](c2c(N(C)C)c(N(C)C)c(N(C)C)c(N(C)C)c2N(C)C)(c2c(N(C)C)c(N(C)C)c(N(C)C)c(N(C)C)c2N(C)C)c2c(N(C)C)c(N(C)C)c(N(C)C)c(N(C)C)c2N(C)C)=C1C.[Cl-].[Cl-].[Cl-]. The van der Waals surface area contributed by atoms with E-state index in [1.807, 2.05) is 0 Å². The fourth-order valence-corrected chi connectivity index (χ4v) is 27.5. The normalized spacial score (nSPS) is 13.0. The third-order valence-corrected chi connectivity index (χ3v) is 27.0. The molecule has 0 spiro atoms. The zero-order chi connectivity index (χ0) is 57.1. The Morgan fingerprint density at radius 2 is 0.390 bits per heavy atom. The molecule has 0 aliphatic heterocycles. The summed E-state index contributed by atoms with van der Waals surface area (Å²) in [6.07, 6.45) is 0. The minimum Gasteiger partial charge on any atom is -1.00 e. The van der Waals surface area contributed by atoms with Crippen molar-refractivity contribution in [1.29, 1.82) is 0 Å². The molecule has 3 aromatic carbocycles. The number of rotatable bonds is 20. The maximum atomic E-state index is 2.51. The summed E-state index contributed by atoms with van der Waals surface area (Å²) in [5, 5.41) is 4.28. The first-order chi connectivity index (χ1) is 33.9. The van der Waals surface area contributed by atoms with Gasteiger partial charge in [0, 0.05) is 0 Å². The maximum Gasteiger partial charge on any atom is -1.00 e. The van der Waals surface area contributed by atoms with Gasteiger partial charge in [0.1, 0.15) is 0 Å². The topological polar surface area (TPSA) is 48.6 Å². The fraction of sp³-hybridized carbons (Fsp3) is 0.614.